The molecule has 2 heterocycles. The average Bonchev–Trinajstić information content (AvgIpc) is 3.00. The number of ether oxygens (including phenoxy) is 1. The summed E-state index contributed by atoms with van der Waals surface area (Å²) in [7, 11) is 6.30. The third kappa shape index (κ3) is 9.22. The van der Waals surface area contributed by atoms with Gasteiger partial charge >= 0.3 is 0 Å². The third-order valence-electron chi connectivity index (χ3n) is 7.54. The first-order valence-corrected chi connectivity index (χ1v) is 14.3. The topological polar surface area (TPSA) is 31.8 Å². The van der Waals surface area contributed by atoms with Gasteiger partial charge in [0.15, 0.2) is 0 Å². The van der Waals surface area contributed by atoms with E-state index in [1.807, 2.05) is 56.7 Å². The molecular weight excluding hydrogens is 528 g/mol. The van der Waals surface area contributed by atoms with Crippen LogP contribution in [0.1, 0.15) is 35.3 Å². The Bertz CT molecular complexity index is 1160. The highest BCUT2D eigenvalue weighted by Crippen LogP contribution is 2.32. The fourth-order valence-corrected chi connectivity index (χ4v) is 5.10. The van der Waals surface area contributed by atoms with Gasteiger partial charge in [-0.15, -0.1) is 12.4 Å². The molecule has 0 aliphatic carbocycles. The van der Waals surface area contributed by atoms with Crippen molar-refractivity contribution < 1.29 is 4.74 Å². The van der Waals surface area contributed by atoms with Crippen molar-refractivity contribution in [3.05, 3.63) is 138 Å². The van der Waals surface area contributed by atoms with Crippen LogP contribution in [-0.2, 0) is 10.3 Å². The van der Waals surface area contributed by atoms with E-state index in [1.54, 1.807) is 0 Å². The van der Waals surface area contributed by atoms with Crippen molar-refractivity contribution in [2.45, 2.75) is 18.6 Å². The maximum atomic E-state index is 6.21. The minimum atomic E-state index is -0.515. The van der Waals surface area contributed by atoms with E-state index in [2.05, 4.69) is 106 Å². The summed E-state index contributed by atoms with van der Waals surface area (Å²) in [6.07, 6.45) is 1.81. The van der Waals surface area contributed by atoms with Crippen LogP contribution in [-0.4, -0.2) is 80.2 Å². The molecule has 0 radical (unpaired) electrons. The lowest BCUT2D eigenvalue weighted by Crippen LogP contribution is -2.46. The summed E-state index contributed by atoms with van der Waals surface area (Å²) in [5.74, 6) is 0. The number of nitrogens with zero attached hydrogens (tertiary/aromatic N) is 4. The van der Waals surface area contributed by atoms with Crippen LogP contribution in [0.25, 0.3) is 0 Å². The smallest absolute Gasteiger partial charge is 0.132 e. The zero-order valence-electron chi connectivity index (χ0n) is 24.9. The summed E-state index contributed by atoms with van der Waals surface area (Å²) in [5.41, 5.74) is 4.33. The normalized spacial score (nSPS) is 15.5. The maximum absolute atomic E-state index is 6.21. The standard InChI is InChI=1S/C18H22N2.C17H22N2O.ClH/c1-19-12-14-20(15-13-19)18(16-8-4-2-5-9-16)17-10-6-3-7-11-17;1-17(20-14-13-19(2)3,15-9-5-4-6-10-15)16-11-7-8-12-18-16;/h2-11,18H,12-15H2,1H3;4-12H,13-14H2,1-3H3;1H. The molecule has 0 amide bonds. The molecule has 6 heteroatoms. The van der Waals surface area contributed by atoms with Crippen LogP contribution in [0.2, 0.25) is 0 Å². The molecule has 1 atom stereocenters. The molecular formula is C35H45ClN4O. The number of aromatic nitrogens is 1. The summed E-state index contributed by atoms with van der Waals surface area (Å²) in [5, 5.41) is 0. The van der Waals surface area contributed by atoms with Gasteiger partial charge in [0.05, 0.1) is 18.3 Å². The molecule has 0 spiro atoms. The third-order valence-corrected chi connectivity index (χ3v) is 7.54. The van der Waals surface area contributed by atoms with E-state index in [0.717, 1.165) is 44.0 Å². The first-order chi connectivity index (χ1) is 19.5. The van der Waals surface area contributed by atoms with Crippen LogP contribution in [0, 0.1) is 0 Å². The quantitative estimate of drug-likeness (QED) is 0.233. The maximum Gasteiger partial charge on any atom is 0.132 e. The molecule has 1 aliphatic rings. The molecule has 0 saturated carbocycles. The number of halogens is 1. The second kappa shape index (κ2) is 16.4. The van der Waals surface area contributed by atoms with Gasteiger partial charge in [-0.3, -0.25) is 9.88 Å². The molecule has 5 rings (SSSR count). The molecule has 1 saturated heterocycles. The highest BCUT2D eigenvalue weighted by atomic mass is 35.5. The Kier molecular flexibility index (Phi) is 13.0. The van der Waals surface area contributed by atoms with E-state index < -0.39 is 5.60 Å². The van der Waals surface area contributed by atoms with Crippen molar-refractivity contribution in [1.82, 2.24) is 19.7 Å². The SMILES string of the molecule is CN(C)CCOC(C)(c1ccccc1)c1ccccn1.CN1CCN(C(c2ccccc2)c2ccccc2)CC1.Cl. The Morgan fingerprint density at radius 1 is 0.756 bits per heavy atom. The zero-order chi connectivity index (χ0) is 28.2. The van der Waals surface area contributed by atoms with Crippen molar-refractivity contribution in [2.75, 3.05) is 60.5 Å². The lowest BCUT2D eigenvalue weighted by Gasteiger charge is -2.38. The number of hydrogen-bond acceptors (Lipinski definition) is 5. The van der Waals surface area contributed by atoms with E-state index in [4.69, 9.17) is 4.74 Å². The van der Waals surface area contributed by atoms with Gasteiger partial charge in [0, 0.05) is 38.9 Å². The number of piperazine rings is 1. The van der Waals surface area contributed by atoms with E-state index >= 15 is 0 Å². The van der Waals surface area contributed by atoms with Crippen LogP contribution in [0.5, 0.6) is 0 Å². The molecule has 41 heavy (non-hydrogen) atoms. The largest absolute Gasteiger partial charge is 0.363 e. The highest BCUT2D eigenvalue weighted by molar-refractivity contribution is 5.85. The van der Waals surface area contributed by atoms with Gasteiger partial charge in [0.2, 0.25) is 0 Å². The van der Waals surface area contributed by atoms with Crippen LogP contribution in [0.3, 0.4) is 0 Å². The summed E-state index contributed by atoms with van der Waals surface area (Å²) < 4.78 is 6.21. The summed E-state index contributed by atoms with van der Waals surface area (Å²) in [6, 6.07) is 38.3. The summed E-state index contributed by atoms with van der Waals surface area (Å²) >= 11 is 0. The zero-order valence-corrected chi connectivity index (χ0v) is 25.7. The Labute approximate surface area is 253 Å². The molecule has 218 valence electrons. The molecule has 3 aromatic carbocycles. The van der Waals surface area contributed by atoms with Crippen molar-refractivity contribution >= 4 is 12.4 Å². The van der Waals surface area contributed by atoms with Gasteiger partial charge in [0.25, 0.3) is 0 Å². The predicted molar refractivity (Wildman–Crippen MR) is 173 cm³/mol. The minimum Gasteiger partial charge on any atom is -0.363 e. The summed E-state index contributed by atoms with van der Waals surface area (Å²) in [6.45, 7) is 8.19. The molecule has 4 aromatic rings. The lowest BCUT2D eigenvalue weighted by atomic mass is 9.91. The number of likely N-dealkylation sites (N-methyl/N-ethyl adjacent to an activating group) is 2. The molecule has 0 N–H and O–H groups in total. The van der Waals surface area contributed by atoms with Gasteiger partial charge in [-0.1, -0.05) is 97.1 Å². The molecule has 1 fully saturated rings. The molecule has 1 aromatic heterocycles. The van der Waals surface area contributed by atoms with E-state index in [-0.39, 0.29) is 12.4 Å². The second-order valence-corrected chi connectivity index (χ2v) is 10.8. The molecule has 1 aliphatic heterocycles. The first-order valence-electron chi connectivity index (χ1n) is 14.3. The van der Waals surface area contributed by atoms with Gasteiger partial charge in [-0.05, 0) is 56.9 Å². The minimum absolute atomic E-state index is 0. The van der Waals surface area contributed by atoms with Crippen LogP contribution >= 0.6 is 12.4 Å². The van der Waals surface area contributed by atoms with Crippen LogP contribution < -0.4 is 0 Å². The number of rotatable bonds is 9. The second-order valence-electron chi connectivity index (χ2n) is 10.8. The van der Waals surface area contributed by atoms with Crippen molar-refractivity contribution in [3.63, 3.8) is 0 Å². The van der Waals surface area contributed by atoms with Crippen LogP contribution in [0.15, 0.2) is 115 Å². The Balaban J connectivity index is 0.000000220. The monoisotopic (exact) mass is 572 g/mol. The average molecular weight is 573 g/mol. The lowest BCUT2D eigenvalue weighted by molar-refractivity contribution is -0.0131. The van der Waals surface area contributed by atoms with Crippen LogP contribution in [0.4, 0.5) is 0 Å². The fraction of sp³-hybridized carbons (Fsp3) is 0.343. The van der Waals surface area contributed by atoms with E-state index in [1.165, 1.54) is 11.1 Å². The van der Waals surface area contributed by atoms with E-state index in [0.29, 0.717) is 12.6 Å². The predicted octanol–water partition coefficient (Wildman–Crippen LogP) is 6.37. The molecule has 1 unspecified atom stereocenters. The van der Waals surface area contributed by atoms with Crippen molar-refractivity contribution in [1.29, 1.82) is 0 Å². The Hall–Kier alpha value is -3.06. The van der Waals surface area contributed by atoms with Gasteiger partial charge in [-0.25, -0.2) is 0 Å². The fourth-order valence-electron chi connectivity index (χ4n) is 5.10. The first kappa shape index (κ1) is 32.5. The Morgan fingerprint density at radius 2 is 1.27 bits per heavy atom. The van der Waals surface area contributed by atoms with Crippen molar-refractivity contribution in [2.24, 2.45) is 0 Å². The Morgan fingerprint density at radius 3 is 1.76 bits per heavy atom. The molecule has 0 bridgehead atoms. The van der Waals surface area contributed by atoms with E-state index in [9.17, 15) is 0 Å². The highest BCUT2D eigenvalue weighted by Gasteiger charge is 2.31. The molecule has 5 nitrogen and oxygen atoms in total. The van der Waals surface area contributed by atoms with Gasteiger partial charge in [-0.2, -0.15) is 0 Å². The summed E-state index contributed by atoms with van der Waals surface area (Å²) in [4.78, 5) is 11.6. The number of hydrogen-bond donors (Lipinski definition) is 0. The number of benzene rings is 3. The van der Waals surface area contributed by atoms with Gasteiger partial charge < -0.3 is 14.5 Å². The van der Waals surface area contributed by atoms with Crippen molar-refractivity contribution in [3.8, 4) is 0 Å². The van der Waals surface area contributed by atoms with Gasteiger partial charge in [0.1, 0.15) is 5.60 Å². The number of pyridine rings is 1.